The van der Waals surface area contributed by atoms with Crippen molar-refractivity contribution in [2.45, 2.75) is 6.18 Å². The molecule has 16 heavy (non-hydrogen) atoms. The Bertz CT molecular complexity index is 477. The molecule has 1 radical (unpaired) electrons. The SMILES string of the molecule is FC(F)(F)c1cccc(-c2cc[c]nc2)c1. The predicted molar refractivity (Wildman–Crippen MR) is 53.5 cm³/mol. The van der Waals surface area contributed by atoms with Gasteiger partial charge in [0.15, 0.2) is 0 Å². The third kappa shape index (κ3) is 2.21. The van der Waals surface area contributed by atoms with Gasteiger partial charge in [-0.1, -0.05) is 18.2 Å². The van der Waals surface area contributed by atoms with Gasteiger partial charge in [-0.3, -0.25) is 4.98 Å². The number of benzene rings is 1. The zero-order valence-corrected chi connectivity index (χ0v) is 8.12. The molecule has 1 nitrogen and oxygen atoms in total. The Morgan fingerprint density at radius 2 is 1.88 bits per heavy atom. The maximum Gasteiger partial charge on any atom is 0.416 e. The fourth-order valence-electron chi connectivity index (χ4n) is 1.37. The first-order valence-electron chi connectivity index (χ1n) is 4.57. The first-order chi connectivity index (χ1) is 7.57. The molecular weight excluding hydrogens is 215 g/mol. The van der Waals surface area contributed by atoms with E-state index in [0.717, 1.165) is 12.1 Å². The number of hydrogen-bond acceptors (Lipinski definition) is 1. The van der Waals surface area contributed by atoms with Crippen LogP contribution in [0.2, 0.25) is 0 Å². The molecule has 0 saturated carbocycles. The topological polar surface area (TPSA) is 12.9 Å². The number of aromatic nitrogens is 1. The van der Waals surface area contributed by atoms with Crippen LogP contribution in [0.3, 0.4) is 0 Å². The average Bonchev–Trinajstić information content (AvgIpc) is 2.29. The predicted octanol–water partition coefficient (Wildman–Crippen LogP) is 3.57. The van der Waals surface area contributed by atoms with Crippen LogP contribution in [0.4, 0.5) is 13.2 Å². The van der Waals surface area contributed by atoms with Crippen molar-refractivity contribution >= 4 is 0 Å². The first-order valence-corrected chi connectivity index (χ1v) is 4.57. The van der Waals surface area contributed by atoms with Crippen molar-refractivity contribution in [3.8, 4) is 11.1 Å². The van der Waals surface area contributed by atoms with Gasteiger partial charge in [0.05, 0.1) is 11.8 Å². The van der Waals surface area contributed by atoms with Crippen molar-refractivity contribution in [1.82, 2.24) is 4.98 Å². The Kier molecular flexibility index (Phi) is 2.64. The number of hydrogen-bond donors (Lipinski definition) is 0. The highest BCUT2D eigenvalue weighted by Gasteiger charge is 2.30. The van der Waals surface area contributed by atoms with Crippen molar-refractivity contribution in [2.75, 3.05) is 0 Å². The van der Waals surface area contributed by atoms with E-state index in [9.17, 15) is 13.2 Å². The summed E-state index contributed by atoms with van der Waals surface area (Å²) >= 11 is 0. The molecule has 2 aromatic rings. The van der Waals surface area contributed by atoms with Gasteiger partial charge in [-0.15, -0.1) is 0 Å². The van der Waals surface area contributed by atoms with Crippen molar-refractivity contribution in [3.05, 3.63) is 54.4 Å². The molecular formula is C12H7F3N. The molecule has 1 aromatic carbocycles. The molecule has 0 amide bonds. The van der Waals surface area contributed by atoms with Crippen molar-refractivity contribution in [3.63, 3.8) is 0 Å². The van der Waals surface area contributed by atoms with Gasteiger partial charge in [0, 0.05) is 11.8 Å². The number of halogens is 3. The molecule has 0 aliphatic rings. The normalized spacial score (nSPS) is 11.4. The van der Waals surface area contributed by atoms with Gasteiger partial charge >= 0.3 is 6.18 Å². The van der Waals surface area contributed by atoms with Gasteiger partial charge < -0.3 is 0 Å². The van der Waals surface area contributed by atoms with Crippen LogP contribution in [0.25, 0.3) is 11.1 Å². The Morgan fingerprint density at radius 1 is 1.06 bits per heavy atom. The second-order valence-electron chi connectivity index (χ2n) is 3.25. The second kappa shape index (κ2) is 3.96. The van der Waals surface area contributed by atoms with Crippen LogP contribution in [0, 0.1) is 6.20 Å². The highest BCUT2D eigenvalue weighted by atomic mass is 19.4. The Morgan fingerprint density at radius 3 is 2.50 bits per heavy atom. The lowest BCUT2D eigenvalue weighted by molar-refractivity contribution is -0.137. The van der Waals surface area contributed by atoms with E-state index in [1.165, 1.54) is 12.3 Å². The molecule has 81 valence electrons. The highest BCUT2D eigenvalue weighted by Crippen LogP contribution is 2.31. The van der Waals surface area contributed by atoms with E-state index in [1.807, 2.05) is 0 Å². The smallest absolute Gasteiger partial charge is 0.254 e. The summed E-state index contributed by atoms with van der Waals surface area (Å²) in [7, 11) is 0. The molecule has 0 fully saturated rings. The van der Waals surface area contributed by atoms with Crippen molar-refractivity contribution in [2.24, 2.45) is 0 Å². The minimum Gasteiger partial charge on any atom is -0.254 e. The Hall–Kier alpha value is -1.84. The van der Waals surface area contributed by atoms with E-state index in [-0.39, 0.29) is 0 Å². The van der Waals surface area contributed by atoms with Gasteiger partial charge in [-0.05, 0) is 23.8 Å². The Labute approximate surface area is 90.6 Å². The largest absolute Gasteiger partial charge is 0.416 e. The van der Waals surface area contributed by atoms with Crippen LogP contribution >= 0.6 is 0 Å². The zero-order valence-electron chi connectivity index (χ0n) is 8.12. The summed E-state index contributed by atoms with van der Waals surface area (Å²) in [5.41, 5.74) is 0.485. The molecule has 2 rings (SSSR count). The van der Waals surface area contributed by atoms with Crippen LogP contribution in [0.15, 0.2) is 42.6 Å². The summed E-state index contributed by atoms with van der Waals surface area (Å²) in [5, 5.41) is 0. The van der Waals surface area contributed by atoms with Crippen LogP contribution in [-0.2, 0) is 6.18 Å². The lowest BCUT2D eigenvalue weighted by Gasteiger charge is -2.08. The van der Waals surface area contributed by atoms with Crippen LogP contribution in [0.5, 0.6) is 0 Å². The summed E-state index contributed by atoms with van der Waals surface area (Å²) in [6, 6.07) is 8.39. The maximum atomic E-state index is 12.5. The number of rotatable bonds is 1. The molecule has 0 atom stereocenters. The fraction of sp³-hybridized carbons (Fsp3) is 0.0833. The quantitative estimate of drug-likeness (QED) is 0.718. The van der Waals surface area contributed by atoms with E-state index < -0.39 is 11.7 Å². The average molecular weight is 222 g/mol. The van der Waals surface area contributed by atoms with Crippen molar-refractivity contribution < 1.29 is 13.2 Å². The molecule has 1 heterocycles. The van der Waals surface area contributed by atoms with Gasteiger partial charge in [-0.2, -0.15) is 13.2 Å². The third-order valence-corrected chi connectivity index (χ3v) is 2.14. The van der Waals surface area contributed by atoms with E-state index in [1.54, 1.807) is 18.2 Å². The summed E-state index contributed by atoms with van der Waals surface area (Å²) in [6.45, 7) is 0. The zero-order chi connectivity index (χ0) is 11.6. The first kappa shape index (κ1) is 10.7. The third-order valence-electron chi connectivity index (χ3n) is 2.14. The highest BCUT2D eigenvalue weighted by molar-refractivity contribution is 5.63. The molecule has 0 saturated heterocycles. The molecule has 0 bridgehead atoms. The fourth-order valence-corrected chi connectivity index (χ4v) is 1.37. The number of alkyl halides is 3. The lowest BCUT2D eigenvalue weighted by Crippen LogP contribution is -2.04. The molecule has 0 aliphatic heterocycles. The van der Waals surface area contributed by atoms with Crippen LogP contribution in [-0.4, -0.2) is 4.98 Å². The van der Waals surface area contributed by atoms with E-state index in [0.29, 0.717) is 11.1 Å². The molecule has 0 unspecified atom stereocenters. The van der Waals surface area contributed by atoms with Crippen LogP contribution < -0.4 is 0 Å². The monoisotopic (exact) mass is 222 g/mol. The standard InChI is InChI=1S/C12H7F3N/c13-12(14,15)11-5-1-3-9(7-11)10-4-2-6-16-8-10/h1-5,7-8H. The summed E-state index contributed by atoms with van der Waals surface area (Å²) in [5.74, 6) is 0. The molecule has 0 spiro atoms. The minimum absolute atomic E-state index is 0.497. The van der Waals surface area contributed by atoms with Gasteiger partial charge in [-0.25, -0.2) is 0 Å². The summed E-state index contributed by atoms with van der Waals surface area (Å²) in [4.78, 5) is 3.75. The lowest BCUT2D eigenvalue weighted by atomic mass is 10.0. The van der Waals surface area contributed by atoms with Crippen LogP contribution in [0.1, 0.15) is 5.56 Å². The van der Waals surface area contributed by atoms with Gasteiger partial charge in [0.2, 0.25) is 0 Å². The summed E-state index contributed by atoms with van der Waals surface area (Å²) in [6.07, 6.45) is -0.258. The summed E-state index contributed by atoms with van der Waals surface area (Å²) < 4.78 is 37.4. The minimum atomic E-state index is -4.32. The van der Waals surface area contributed by atoms with Crippen molar-refractivity contribution in [1.29, 1.82) is 0 Å². The van der Waals surface area contributed by atoms with E-state index in [2.05, 4.69) is 11.2 Å². The molecule has 0 N–H and O–H groups in total. The van der Waals surface area contributed by atoms with Gasteiger partial charge in [0.25, 0.3) is 0 Å². The number of pyridine rings is 1. The maximum absolute atomic E-state index is 12.5. The molecule has 1 aromatic heterocycles. The van der Waals surface area contributed by atoms with E-state index >= 15 is 0 Å². The van der Waals surface area contributed by atoms with Gasteiger partial charge in [0.1, 0.15) is 0 Å². The Balaban J connectivity index is 2.45. The molecule has 4 heteroatoms. The second-order valence-corrected chi connectivity index (χ2v) is 3.25. The number of nitrogens with zero attached hydrogens (tertiary/aromatic N) is 1. The molecule has 0 aliphatic carbocycles. The van der Waals surface area contributed by atoms with E-state index in [4.69, 9.17) is 0 Å².